The van der Waals surface area contributed by atoms with Gasteiger partial charge in [-0.05, 0) is 25.0 Å². The molecule has 1 aromatic carbocycles. The van der Waals surface area contributed by atoms with Crippen LogP contribution in [0.3, 0.4) is 0 Å². The van der Waals surface area contributed by atoms with Crippen LogP contribution in [-0.2, 0) is 0 Å². The number of benzene rings is 1. The van der Waals surface area contributed by atoms with Crippen molar-refractivity contribution in [3.05, 3.63) is 29.8 Å². The highest BCUT2D eigenvalue weighted by Crippen LogP contribution is 2.27. The maximum atomic E-state index is 13.7. The zero-order valence-electron chi connectivity index (χ0n) is 10.00. The minimum absolute atomic E-state index is 0.0383. The van der Waals surface area contributed by atoms with Crippen LogP contribution in [0.2, 0.25) is 0 Å². The van der Waals surface area contributed by atoms with Gasteiger partial charge in [-0.2, -0.15) is 0 Å². The van der Waals surface area contributed by atoms with Crippen LogP contribution in [0.5, 0.6) is 0 Å². The van der Waals surface area contributed by atoms with E-state index in [0.29, 0.717) is 5.69 Å². The van der Waals surface area contributed by atoms with Crippen molar-refractivity contribution in [1.82, 2.24) is 0 Å². The summed E-state index contributed by atoms with van der Waals surface area (Å²) in [6.45, 7) is 0. The molecule has 1 aromatic rings. The monoisotopic (exact) mass is 240 g/mol. The number of hydrogen-bond acceptors (Lipinski definition) is 2. The van der Waals surface area contributed by atoms with E-state index in [4.69, 9.17) is 5.73 Å². The number of nitrogens with zero attached hydrogens (tertiary/aromatic N) is 1. The normalized spacial score (nSPS) is 24.7. The first-order valence-corrected chi connectivity index (χ1v) is 6.03. The van der Waals surface area contributed by atoms with E-state index in [9.17, 15) is 8.78 Å². The molecule has 4 heteroatoms. The van der Waals surface area contributed by atoms with E-state index < -0.39 is 11.6 Å². The fraction of sp³-hybridized carbons (Fsp3) is 0.538. The Hall–Kier alpha value is -1.16. The Labute approximate surface area is 100 Å². The molecule has 1 aliphatic carbocycles. The lowest BCUT2D eigenvalue weighted by atomic mass is 9.90. The molecular formula is C13H18F2N2. The minimum Gasteiger partial charge on any atom is -0.368 e. The van der Waals surface area contributed by atoms with E-state index in [1.165, 1.54) is 6.07 Å². The highest BCUT2D eigenvalue weighted by Gasteiger charge is 2.27. The van der Waals surface area contributed by atoms with Crippen molar-refractivity contribution < 1.29 is 8.78 Å². The van der Waals surface area contributed by atoms with Gasteiger partial charge in [-0.15, -0.1) is 0 Å². The Bertz CT molecular complexity index is 395. The summed E-state index contributed by atoms with van der Waals surface area (Å²) < 4.78 is 26.8. The summed E-state index contributed by atoms with van der Waals surface area (Å²) in [5.74, 6) is -0.815. The Balaban J connectivity index is 2.23. The number of halogens is 2. The van der Waals surface area contributed by atoms with Gasteiger partial charge in [0.2, 0.25) is 0 Å². The first-order valence-electron chi connectivity index (χ1n) is 6.03. The van der Waals surface area contributed by atoms with E-state index in [-0.39, 0.29) is 12.1 Å². The summed E-state index contributed by atoms with van der Waals surface area (Å²) in [6.07, 6.45) is 4.11. The molecule has 0 aliphatic heterocycles. The average molecular weight is 240 g/mol. The van der Waals surface area contributed by atoms with Crippen molar-refractivity contribution in [2.24, 2.45) is 5.73 Å². The van der Waals surface area contributed by atoms with Gasteiger partial charge in [-0.25, -0.2) is 8.78 Å². The van der Waals surface area contributed by atoms with Gasteiger partial charge in [0.25, 0.3) is 0 Å². The molecule has 0 bridgehead atoms. The highest BCUT2D eigenvalue weighted by molar-refractivity contribution is 5.48. The number of hydrogen-bond donors (Lipinski definition) is 1. The summed E-state index contributed by atoms with van der Waals surface area (Å²) >= 11 is 0. The second-order valence-electron chi connectivity index (χ2n) is 4.72. The SMILES string of the molecule is CN(c1cc(F)ccc1F)C1CCCCC1N. The average Bonchev–Trinajstić information content (AvgIpc) is 2.32. The standard InChI is InChI=1S/C13H18F2N2/c1-17(12-5-3-2-4-11(12)16)13-8-9(14)6-7-10(13)15/h6-8,11-12H,2-5,16H2,1H3. The Kier molecular flexibility index (Phi) is 3.62. The summed E-state index contributed by atoms with van der Waals surface area (Å²) in [5, 5.41) is 0. The van der Waals surface area contributed by atoms with E-state index in [1.807, 2.05) is 0 Å². The maximum Gasteiger partial charge on any atom is 0.146 e. The van der Waals surface area contributed by atoms with Crippen molar-refractivity contribution >= 4 is 5.69 Å². The molecule has 0 saturated heterocycles. The smallest absolute Gasteiger partial charge is 0.146 e. The van der Waals surface area contributed by atoms with Gasteiger partial charge < -0.3 is 10.6 Å². The van der Waals surface area contributed by atoms with Crippen LogP contribution >= 0.6 is 0 Å². The van der Waals surface area contributed by atoms with Crippen LogP contribution in [0.25, 0.3) is 0 Å². The minimum atomic E-state index is -0.419. The molecular weight excluding hydrogens is 222 g/mol. The fourth-order valence-electron chi connectivity index (χ4n) is 2.56. The second kappa shape index (κ2) is 5.00. The zero-order valence-corrected chi connectivity index (χ0v) is 10.00. The molecule has 1 fully saturated rings. The molecule has 2 rings (SSSR count). The molecule has 1 aliphatic rings. The van der Waals surface area contributed by atoms with Crippen LogP contribution < -0.4 is 10.6 Å². The van der Waals surface area contributed by atoms with Gasteiger partial charge in [-0.3, -0.25) is 0 Å². The van der Waals surface area contributed by atoms with Crippen LogP contribution in [0.1, 0.15) is 25.7 Å². The topological polar surface area (TPSA) is 29.3 Å². The van der Waals surface area contributed by atoms with Crippen molar-refractivity contribution in [1.29, 1.82) is 0 Å². The Morgan fingerprint density at radius 2 is 1.94 bits per heavy atom. The second-order valence-corrected chi connectivity index (χ2v) is 4.72. The van der Waals surface area contributed by atoms with Gasteiger partial charge in [-0.1, -0.05) is 12.8 Å². The number of likely N-dealkylation sites (N-methyl/N-ethyl adjacent to an activating group) is 1. The highest BCUT2D eigenvalue weighted by atomic mass is 19.1. The van der Waals surface area contributed by atoms with Crippen molar-refractivity contribution in [2.75, 3.05) is 11.9 Å². The first kappa shape index (κ1) is 12.3. The summed E-state index contributed by atoms with van der Waals surface area (Å²) in [4.78, 5) is 1.78. The van der Waals surface area contributed by atoms with Crippen LogP contribution in [0, 0.1) is 11.6 Å². The number of rotatable bonds is 2. The van der Waals surface area contributed by atoms with E-state index in [2.05, 4.69) is 0 Å². The molecule has 2 nitrogen and oxygen atoms in total. The molecule has 0 heterocycles. The predicted octanol–water partition coefficient (Wildman–Crippen LogP) is 2.67. The molecule has 0 aromatic heterocycles. The van der Waals surface area contributed by atoms with Crippen LogP contribution in [0.4, 0.5) is 14.5 Å². The third-order valence-corrected chi connectivity index (χ3v) is 3.57. The number of nitrogens with two attached hydrogens (primary N) is 1. The lowest BCUT2D eigenvalue weighted by molar-refractivity contribution is 0.371. The molecule has 2 unspecified atom stereocenters. The maximum absolute atomic E-state index is 13.7. The van der Waals surface area contributed by atoms with Crippen molar-refractivity contribution in [3.8, 4) is 0 Å². The third kappa shape index (κ3) is 2.57. The lowest BCUT2D eigenvalue weighted by Gasteiger charge is -2.37. The number of anilines is 1. The third-order valence-electron chi connectivity index (χ3n) is 3.57. The molecule has 94 valence electrons. The zero-order chi connectivity index (χ0) is 12.4. The molecule has 2 N–H and O–H groups in total. The van der Waals surface area contributed by atoms with E-state index in [0.717, 1.165) is 37.8 Å². The Morgan fingerprint density at radius 3 is 2.65 bits per heavy atom. The molecule has 17 heavy (non-hydrogen) atoms. The fourth-order valence-corrected chi connectivity index (χ4v) is 2.56. The first-order chi connectivity index (χ1) is 8.09. The summed E-state index contributed by atoms with van der Waals surface area (Å²) in [6, 6.07) is 3.66. The van der Waals surface area contributed by atoms with Gasteiger partial charge in [0.1, 0.15) is 11.6 Å². The molecule has 2 atom stereocenters. The lowest BCUT2D eigenvalue weighted by Crippen LogP contribution is -2.48. The van der Waals surface area contributed by atoms with E-state index in [1.54, 1.807) is 11.9 Å². The van der Waals surface area contributed by atoms with Crippen LogP contribution in [-0.4, -0.2) is 19.1 Å². The predicted molar refractivity (Wildman–Crippen MR) is 65.0 cm³/mol. The van der Waals surface area contributed by atoms with Crippen molar-refractivity contribution in [2.45, 2.75) is 37.8 Å². The van der Waals surface area contributed by atoms with Gasteiger partial charge in [0, 0.05) is 25.2 Å². The van der Waals surface area contributed by atoms with Gasteiger partial charge >= 0.3 is 0 Å². The summed E-state index contributed by atoms with van der Waals surface area (Å²) in [7, 11) is 1.79. The van der Waals surface area contributed by atoms with Crippen LogP contribution in [0.15, 0.2) is 18.2 Å². The Morgan fingerprint density at radius 1 is 1.24 bits per heavy atom. The van der Waals surface area contributed by atoms with Crippen molar-refractivity contribution in [3.63, 3.8) is 0 Å². The molecule has 1 saturated carbocycles. The molecule has 0 spiro atoms. The molecule has 0 amide bonds. The largest absolute Gasteiger partial charge is 0.368 e. The van der Waals surface area contributed by atoms with E-state index >= 15 is 0 Å². The quantitative estimate of drug-likeness (QED) is 0.861. The molecule has 0 radical (unpaired) electrons. The van der Waals surface area contributed by atoms with Gasteiger partial charge in [0.05, 0.1) is 5.69 Å². The summed E-state index contributed by atoms with van der Waals surface area (Å²) in [5.41, 5.74) is 6.35. The van der Waals surface area contributed by atoms with Gasteiger partial charge in [0.15, 0.2) is 0 Å².